The van der Waals surface area contributed by atoms with Crippen LogP contribution in [-0.4, -0.2) is 41.6 Å². The lowest BCUT2D eigenvalue weighted by Gasteiger charge is -2.59. The number of esters is 2. The summed E-state index contributed by atoms with van der Waals surface area (Å²) in [5.74, 6) is -1.38. The van der Waals surface area contributed by atoms with Crippen LogP contribution < -0.4 is 0 Å². The first-order valence-corrected chi connectivity index (χ1v) is 9.27. The summed E-state index contributed by atoms with van der Waals surface area (Å²) >= 11 is 0. The van der Waals surface area contributed by atoms with Crippen molar-refractivity contribution in [3.05, 3.63) is 36.0 Å². The maximum absolute atomic E-state index is 12.5. The molecule has 1 saturated carbocycles. The van der Waals surface area contributed by atoms with E-state index in [0.717, 1.165) is 12.8 Å². The van der Waals surface area contributed by atoms with E-state index >= 15 is 0 Å². The van der Waals surface area contributed by atoms with Gasteiger partial charge in [0.1, 0.15) is 19.0 Å². The van der Waals surface area contributed by atoms with Gasteiger partial charge in [-0.05, 0) is 30.4 Å². The molecule has 1 saturated heterocycles. The van der Waals surface area contributed by atoms with Crippen LogP contribution in [0.1, 0.15) is 40.0 Å². The third-order valence-electron chi connectivity index (χ3n) is 6.47. The van der Waals surface area contributed by atoms with Crippen LogP contribution in [0.15, 0.2) is 36.0 Å². The van der Waals surface area contributed by atoms with E-state index in [0.29, 0.717) is 18.3 Å². The normalized spacial score (nSPS) is 37.5. The zero-order chi connectivity index (χ0) is 19.9. The van der Waals surface area contributed by atoms with Crippen LogP contribution in [0, 0.1) is 16.7 Å². The number of hydrogen-bond acceptors (Lipinski definition) is 6. The Hall–Kier alpha value is -2.21. The molecule has 0 radical (unpaired) electrons. The summed E-state index contributed by atoms with van der Waals surface area (Å²) in [5, 5.41) is 11.4. The molecule has 1 N–H and O–H groups in total. The third kappa shape index (κ3) is 2.96. The Kier molecular flexibility index (Phi) is 4.89. The molecule has 0 aromatic heterocycles. The molecule has 146 valence electrons. The average molecular weight is 374 g/mol. The van der Waals surface area contributed by atoms with E-state index in [1.807, 2.05) is 6.92 Å². The third-order valence-corrected chi connectivity index (χ3v) is 6.47. The number of hydrogen-bond donors (Lipinski definition) is 1. The summed E-state index contributed by atoms with van der Waals surface area (Å²) in [6.45, 7) is 6.09. The Balaban J connectivity index is 1.98. The minimum absolute atomic E-state index is 0.0179. The van der Waals surface area contributed by atoms with Crippen molar-refractivity contribution in [2.24, 2.45) is 16.7 Å². The van der Waals surface area contributed by atoms with Gasteiger partial charge in [0.05, 0.1) is 0 Å². The predicted octanol–water partition coefficient (Wildman–Crippen LogP) is 2.27. The summed E-state index contributed by atoms with van der Waals surface area (Å²) in [7, 11) is 0. The zero-order valence-corrected chi connectivity index (χ0v) is 15.9. The van der Waals surface area contributed by atoms with Crippen molar-refractivity contribution in [3.8, 4) is 0 Å². The fourth-order valence-corrected chi connectivity index (χ4v) is 5.36. The summed E-state index contributed by atoms with van der Waals surface area (Å²) in [4.78, 5) is 35.0. The van der Waals surface area contributed by atoms with Crippen LogP contribution in [0.5, 0.6) is 0 Å². The van der Waals surface area contributed by atoms with Crippen LogP contribution in [0.2, 0.25) is 0 Å². The van der Waals surface area contributed by atoms with E-state index in [9.17, 15) is 19.5 Å². The van der Waals surface area contributed by atoms with Gasteiger partial charge >= 0.3 is 11.9 Å². The van der Waals surface area contributed by atoms with Crippen molar-refractivity contribution < 1.29 is 29.0 Å². The molecule has 1 heterocycles. The van der Waals surface area contributed by atoms with Crippen LogP contribution in [0.3, 0.4) is 0 Å². The minimum atomic E-state index is -1.67. The monoisotopic (exact) mass is 374 g/mol. The summed E-state index contributed by atoms with van der Waals surface area (Å²) < 4.78 is 10.9. The van der Waals surface area contributed by atoms with Crippen molar-refractivity contribution in [2.75, 3.05) is 6.61 Å². The molecule has 0 aromatic rings. The number of carbonyl (C=O) groups is 3. The molecule has 0 spiro atoms. The lowest BCUT2D eigenvalue weighted by atomic mass is 9.46. The summed E-state index contributed by atoms with van der Waals surface area (Å²) in [6.07, 6.45) is 9.59. The standard InChI is InChI=1S/C21H26O6/c1-19(2)9-7-10-20(3)17(19)15(27-16(23)8-5-4-6-11-22)12-14-13-26-18(24)21(14,20)25/h4-6,8,11-12,15,17,25H,7,9-10,13H2,1-3H3/b6-4+,8-5+/t15-,17-,20-,21+/m1/s1. The van der Waals surface area contributed by atoms with Gasteiger partial charge in [0.2, 0.25) is 0 Å². The van der Waals surface area contributed by atoms with E-state index < -0.39 is 29.1 Å². The second kappa shape index (κ2) is 6.75. The molecule has 2 fully saturated rings. The number of cyclic esters (lactones) is 1. The van der Waals surface area contributed by atoms with Crippen molar-refractivity contribution in [3.63, 3.8) is 0 Å². The van der Waals surface area contributed by atoms with Gasteiger partial charge in [-0.3, -0.25) is 4.79 Å². The first-order chi connectivity index (χ1) is 12.7. The quantitative estimate of drug-likeness (QED) is 0.267. The van der Waals surface area contributed by atoms with Gasteiger partial charge in [0.15, 0.2) is 5.60 Å². The zero-order valence-electron chi connectivity index (χ0n) is 15.9. The molecule has 6 nitrogen and oxygen atoms in total. The number of aliphatic hydroxyl groups is 1. The first-order valence-electron chi connectivity index (χ1n) is 9.27. The lowest BCUT2D eigenvalue weighted by Crippen LogP contribution is -2.65. The number of ether oxygens (including phenoxy) is 2. The molecular formula is C21H26O6. The van der Waals surface area contributed by atoms with Crippen LogP contribution >= 0.6 is 0 Å². The van der Waals surface area contributed by atoms with Gasteiger partial charge in [-0.25, -0.2) is 9.59 Å². The summed E-state index contributed by atoms with van der Waals surface area (Å²) in [5.41, 5.74) is -2.20. The highest BCUT2D eigenvalue weighted by Crippen LogP contribution is 2.63. The highest BCUT2D eigenvalue weighted by Gasteiger charge is 2.69. The molecule has 0 amide bonds. The van der Waals surface area contributed by atoms with Crippen LogP contribution in [-0.2, 0) is 23.9 Å². The molecule has 0 unspecified atom stereocenters. The lowest BCUT2D eigenvalue weighted by molar-refractivity contribution is -0.194. The number of rotatable bonds is 4. The smallest absolute Gasteiger partial charge is 0.343 e. The number of aldehydes is 1. The molecular weight excluding hydrogens is 348 g/mol. The van der Waals surface area contributed by atoms with E-state index in [4.69, 9.17) is 9.47 Å². The Bertz CT molecular complexity index is 746. The maximum atomic E-state index is 12.5. The van der Waals surface area contributed by atoms with Crippen molar-refractivity contribution in [2.45, 2.75) is 51.7 Å². The number of allylic oxidation sites excluding steroid dienone is 3. The van der Waals surface area contributed by atoms with E-state index in [1.165, 1.54) is 24.3 Å². The van der Waals surface area contributed by atoms with Crippen molar-refractivity contribution >= 4 is 18.2 Å². The molecule has 3 aliphatic rings. The largest absolute Gasteiger partial charge is 0.459 e. The molecule has 0 aromatic carbocycles. The summed E-state index contributed by atoms with van der Waals surface area (Å²) in [6, 6.07) is 0. The molecule has 3 rings (SSSR count). The van der Waals surface area contributed by atoms with E-state index in [1.54, 1.807) is 6.08 Å². The van der Waals surface area contributed by atoms with Gasteiger partial charge in [-0.15, -0.1) is 0 Å². The molecule has 4 atom stereocenters. The van der Waals surface area contributed by atoms with E-state index in [2.05, 4.69) is 13.8 Å². The fourth-order valence-electron chi connectivity index (χ4n) is 5.36. The van der Waals surface area contributed by atoms with Crippen LogP contribution in [0.25, 0.3) is 0 Å². The average Bonchev–Trinajstić information content (AvgIpc) is 2.88. The Labute approximate surface area is 158 Å². The molecule has 1 aliphatic heterocycles. The fraction of sp³-hybridized carbons (Fsp3) is 0.571. The maximum Gasteiger partial charge on any atom is 0.343 e. The second-order valence-electron chi connectivity index (χ2n) is 8.50. The van der Waals surface area contributed by atoms with Gasteiger partial charge in [0.25, 0.3) is 0 Å². The molecule has 27 heavy (non-hydrogen) atoms. The molecule has 6 heteroatoms. The predicted molar refractivity (Wildman–Crippen MR) is 97.4 cm³/mol. The molecule has 2 aliphatic carbocycles. The van der Waals surface area contributed by atoms with Crippen molar-refractivity contribution in [1.82, 2.24) is 0 Å². The molecule has 0 bridgehead atoms. The number of carbonyl (C=O) groups excluding carboxylic acids is 3. The van der Waals surface area contributed by atoms with Gasteiger partial charge in [-0.1, -0.05) is 39.3 Å². The first kappa shape index (κ1) is 19.5. The van der Waals surface area contributed by atoms with E-state index in [-0.39, 0.29) is 17.9 Å². The highest BCUT2D eigenvalue weighted by atomic mass is 16.6. The second-order valence-corrected chi connectivity index (χ2v) is 8.50. The van der Waals surface area contributed by atoms with Gasteiger partial charge < -0.3 is 14.6 Å². The highest BCUT2D eigenvalue weighted by molar-refractivity contribution is 5.88. The van der Waals surface area contributed by atoms with Gasteiger partial charge in [0, 0.05) is 23.0 Å². The Morgan fingerprint density at radius 1 is 1.26 bits per heavy atom. The van der Waals surface area contributed by atoms with Crippen LogP contribution in [0.4, 0.5) is 0 Å². The van der Waals surface area contributed by atoms with Crippen molar-refractivity contribution in [1.29, 1.82) is 0 Å². The van der Waals surface area contributed by atoms with Gasteiger partial charge in [-0.2, -0.15) is 0 Å². The Morgan fingerprint density at radius 2 is 2.00 bits per heavy atom. The SMILES string of the molecule is CC1(C)CCC[C@]2(C)[C@@H]1[C@H](OC(=O)/C=C/C=C/C=O)C=C1COC(=O)[C@@]12O. The topological polar surface area (TPSA) is 89.9 Å². The minimum Gasteiger partial charge on any atom is -0.459 e. The Morgan fingerprint density at radius 3 is 2.70 bits per heavy atom. The number of fused-ring (bicyclic) bond motifs is 3.